The van der Waals surface area contributed by atoms with Crippen LogP contribution in [0.5, 0.6) is 0 Å². The van der Waals surface area contributed by atoms with Crippen molar-refractivity contribution in [3.8, 4) is 22.3 Å². The topological polar surface area (TPSA) is 6.48 Å². The molecular formula is C59H38N2S. The quantitative estimate of drug-likeness (QED) is 0.154. The molecular weight excluding hydrogens is 769 g/mol. The largest absolute Gasteiger partial charge is 0.310 e. The minimum absolute atomic E-state index is 0.556. The van der Waals surface area contributed by atoms with E-state index in [1.807, 2.05) is 11.3 Å². The first kappa shape index (κ1) is 35.1. The normalized spacial score (nSPS) is 14.5. The van der Waals surface area contributed by atoms with Crippen molar-refractivity contribution in [3.05, 3.63) is 252 Å². The third-order valence-corrected chi connectivity index (χ3v) is 14.5. The summed E-state index contributed by atoms with van der Waals surface area (Å²) < 4.78 is 1.32. The Labute approximate surface area is 364 Å². The number of para-hydroxylation sites is 3. The van der Waals surface area contributed by atoms with Crippen LogP contribution in [0.15, 0.2) is 231 Å². The van der Waals surface area contributed by atoms with E-state index < -0.39 is 5.41 Å². The van der Waals surface area contributed by atoms with Crippen LogP contribution >= 0.6 is 11.3 Å². The van der Waals surface area contributed by atoms with Gasteiger partial charge in [0.1, 0.15) is 0 Å². The lowest BCUT2D eigenvalue weighted by atomic mass is 9.73. The smallest absolute Gasteiger partial charge is 0.0820 e. The Bertz CT molecular complexity index is 3500. The molecule has 0 bridgehead atoms. The van der Waals surface area contributed by atoms with Gasteiger partial charge in [-0.3, -0.25) is 0 Å². The first-order valence-electron chi connectivity index (χ1n) is 21.3. The molecule has 2 nitrogen and oxygen atoms in total. The fraction of sp³-hybridized carbons (Fsp3) is 0.0169. The van der Waals surface area contributed by atoms with Gasteiger partial charge in [-0.2, -0.15) is 0 Å². The summed E-state index contributed by atoms with van der Waals surface area (Å²) in [7, 11) is 0. The van der Waals surface area contributed by atoms with Gasteiger partial charge in [0, 0.05) is 54.3 Å². The number of thiophene rings is 1. The van der Waals surface area contributed by atoms with Gasteiger partial charge in [-0.1, -0.05) is 158 Å². The van der Waals surface area contributed by atoms with E-state index in [9.17, 15) is 0 Å². The number of nitrogens with zero attached hydrogens (tertiary/aromatic N) is 2. The van der Waals surface area contributed by atoms with Gasteiger partial charge >= 0.3 is 0 Å². The number of hydrogen-bond donors (Lipinski definition) is 0. The summed E-state index contributed by atoms with van der Waals surface area (Å²) >= 11 is 1.96. The Morgan fingerprint density at radius 2 is 0.823 bits per heavy atom. The summed E-state index contributed by atoms with van der Waals surface area (Å²) in [6.07, 6.45) is 0. The molecule has 0 saturated heterocycles. The van der Waals surface area contributed by atoms with Gasteiger partial charge in [0.15, 0.2) is 0 Å². The van der Waals surface area contributed by atoms with E-state index in [2.05, 4.69) is 240 Å². The van der Waals surface area contributed by atoms with Crippen molar-refractivity contribution in [1.82, 2.24) is 0 Å². The van der Waals surface area contributed by atoms with E-state index in [0.717, 1.165) is 34.1 Å². The highest BCUT2D eigenvalue weighted by Gasteiger charge is 2.54. The summed E-state index contributed by atoms with van der Waals surface area (Å²) in [5.74, 6) is 0. The third-order valence-electron chi connectivity index (χ3n) is 13.2. The summed E-state index contributed by atoms with van der Waals surface area (Å²) in [5.41, 5.74) is 15.4. The predicted molar refractivity (Wildman–Crippen MR) is 263 cm³/mol. The molecule has 2 aliphatic carbocycles. The molecule has 1 heterocycles. The first-order valence-corrected chi connectivity index (χ1v) is 22.2. The lowest BCUT2D eigenvalue weighted by Gasteiger charge is -2.33. The van der Waals surface area contributed by atoms with E-state index in [1.54, 1.807) is 0 Å². The molecule has 290 valence electrons. The second-order valence-electron chi connectivity index (χ2n) is 16.4. The maximum Gasteiger partial charge on any atom is 0.0820 e. The Morgan fingerprint density at radius 3 is 1.53 bits per heavy atom. The average molecular weight is 807 g/mol. The van der Waals surface area contributed by atoms with Crippen molar-refractivity contribution >= 4 is 77.1 Å². The van der Waals surface area contributed by atoms with Crippen LogP contribution < -0.4 is 9.80 Å². The Balaban J connectivity index is 1.12. The van der Waals surface area contributed by atoms with Crippen molar-refractivity contribution in [2.24, 2.45) is 0 Å². The minimum Gasteiger partial charge on any atom is -0.310 e. The predicted octanol–water partition coefficient (Wildman–Crippen LogP) is 16.5. The number of anilines is 6. The second kappa shape index (κ2) is 13.7. The van der Waals surface area contributed by atoms with E-state index in [1.165, 1.54) is 75.5 Å². The molecule has 1 atom stereocenters. The molecule has 62 heavy (non-hydrogen) atoms. The molecule has 0 aliphatic heterocycles. The van der Waals surface area contributed by atoms with Crippen molar-refractivity contribution < 1.29 is 0 Å². The molecule has 13 rings (SSSR count). The summed E-state index contributed by atoms with van der Waals surface area (Å²) in [5, 5.41) is 6.27. The molecule has 0 N–H and O–H groups in total. The van der Waals surface area contributed by atoms with Gasteiger partial charge < -0.3 is 9.80 Å². The van der Waals surface area contributed by atoms with Crippen molar-refractivity contribution in [3.63, 3.8) is 0 Å². The van der Waals surface area contributed by atoms with Gasteiger partial charge in [-0.25, -0.2) is 0 Å². The van der Waals surface area contributed by atoms with Crippen molar-refractivity contribution in [1.29, 1.82) is 0 Å². The van der Waals surface area contributed by atoms with Crippen molar-refractivity contribution in [2.75, 3.05) is 9.80 Å². The molecule has 1 unspecified atom stereocenters. The highest BCUT2D eigenvalue weighted by molar-refractivity contribution is 7.20. The molecule has 1 spiro atoms. The zero-order chi connectivity index (χ0) is 40.8. The van der Waals surface area contributed by atoms with Crippen LogP contribution in [-0.2, 0) is 5.41 Å². The third kappa shape index (κ3) is 4.97. The molecule has 1 aromatic heterocycles. The van der Waals surface area contributed by atoms with Crippen LogP contribution in [0.25, 0.3) is 53.9 Å². The lowest BCUT2D eigenvalue weighted by Crippen LogP contribution is -2.25. The van der Waals surface area contributed by atoms with Gasteiger partial charge in [0.2, 0.25) is 0 Å². The number of fused-ring (bicyclic) bond motifs is 15. The molecule has 0 saturated carbocycles. The van der Waals surface area contributed by atoms with Crippen LogP contribution in [0.4, 0.5) is 34.1 Å². The summed E-state index contributed by atoms with van der Waals surface area (Å²) in [6.45, 7) is 0. The van der Waals surface area contributed by atoms with E-state index >= 15 is 0 Å². The van der Waals surface area contributed by atoms with Crippen molar-refractivity contribution in [2.45, 2.75) is 5.41 Å². The van der Waals surface area contributed by atoms with E-state index in [4.69, 9.17) is 0 Å². The van der Waals surface area contributed by atoms with Gasteiger partial charge in [-0.15, -0.1) is 11.3 Å². The fourth-order valence-corrected chi connectivity index (χ4v) is 12.1. The highest BCUT2D eigenvalue weighted by atomic mass is 32.1. The Morgan fingerprint density at radius 1 is 0.323 bits per heavy atom. The molecule has 0 fully saturated rings. The zero-order valence-electron chi connectivity index (χ0n) is 33.7. The molecule has 11 aromatic rings. The zero-order valence-corrected chi connectivity index (χ0v) is 34.6. The van der Waals surface area contributed by atoms with E-state index in [-0.39, 0.29) is 0 Å². The second-order valence-corrected chi connectivity index (χ2v) is 17.4. The van der Waals surface area contributed by atoms with Crippen LogP contribution in [0.2, 0.25) is 0 Å². The van der Waals surface area contributed by atoms with Crippen LogP contribution in [-0.4, -0.2) is 0 Å². The maximum absolute atomic E-state index is 2.53. The Kier molecular flexibility index (Phi) is 7.72. The first-order chi connectivity index (χ1) is 30.8. The van der Waals surface area contributed by atoms with Crippen LogP contribution in [0, 0.1) is 0 Å². The minimum atomic E-state index is -0.556. The van der Waals surface area contributed by atoms with E-state index in [0.29, 0.717) is 0 Å². The standard InChI is InChI=1S/C59H38N2S/c1-4-19-40(20-5-1)60(41-21-6-2-7-22-41)43-32-34-48-47-27-14-16-30-52(47)59(53(48)37-43)54-38-44(33-35-50(54)57-51-29-15-17-31-56(51)62-58(57)59)61(42-23-8-3-9-24-42)55-36-39-18-10-11-25-45(39)46-26-12-13-28-49(46)55/h1-38H. The molecule has 10 aromatic carbocycles. The molecule has 0 amide bonds. The van der Waals surface area contributed by atoms with Gasteiger partial charge in [0.25, 0.3) is 0 Å². The lowest BCUT2D eigenvalue weighted by molar-refractivity contribution is 0.811. The summed E-state index contributed by atoms with van der Waals surface area (Å²) in [6, 6.07) is 85.1. The highest BCUT2D eigenvalue weighted by Crippen LogP contribution is 2.67. The molecule has 0 radical (unpaired) electrons. The number of hydrogen-bond acceptors (Lipinski definition) is 3. The Hall–Kier alpha value is -7.72. The number of rotatable bonds is 6. The van der Waals surface area contributed by atoms with Crippen LogP contribution in [0.3, 0.4) is 0 Å². The maximum atomic E-state index is 2.53. The van der Waals surface area contributed by atoms with Gasteiger partial charge in [-0.05, 0) is 122 Å². The monoisotopic (exact) mass is 806 g/mol. The van der Waals surface area contributed by atoms with Gasteiger partial charge in [0.05, 0.1) is 11.1 Å². The fourth-order valence-electron chi connectivity index (χ4n) is 10.7. The van der Waals surface area contributed by atoms with Crippen LogP contribution in [0.1, 0.15) is 21.6 Å². The summed E-state index contributed by atoms with van der Waals surface area (Å²) in [4.78, 5) is 6.28. The SMILES string of the molecule is c1ccc(N(c2ccccc2)c2ccc3c(c2)C2(c4ccccc4-3)c3cc(N(c4ccccc4)c4cc5ccccc5c5ccccc45)ccc3-c3c2sc2ccccc32)cc1. The molecule has 2 aliphatic rings. The molecule has 3 heteroatoms. The average Bonchev–Trinajstić information content (AvgIpc) is 3.96. The number of benzene rings is 10.